The molecule has 0 atom stereocenters. The number of ether oxygens (including phenoxy) is 1. The molecule has 0 saturated carbocycles. The topological polar surface area (TPSA) is 56.2 Å². The lowest BCUT2D eigenvalue weighted by Crippen LogP contribution is -2.60. The molecular weight excluding hydrogens is 375 g/mol. The average Bonchev–Trinajstić information content (AvgIpc) is 2.60. The fourth-order valence-electron chi connectivity index (χ4n) is 3.97. The van der Waals surface area contributed by atoms with Gasteiger partial charge in [0.05, 0.1) is 24.3 Å². The number of carbonyl (C=O) groups is 1. The summed E-state index contributed by atoms with van der Waals surface area (Å²) in [7, 11) is 0. The third kappa shape index (κ3) is 4.52. The first-order valence-electron chi connectivity index (χ1n) is 9.34. The van der Waals surface area contributed by atoms with Gasteiger partial charge in [-0.2, -0.15) is 13.2 Å². The van der Waals surface area contributed by atoms with Crippen LogP contribution in [-0.4, -0.2) is 72.5 Å². The SMILES string of the molecule is CC1(C)CN(Cc2ccc(N3CCOCC3)cc2C(F)(F)F)CCN1C(=O)O. The lowest BCUT2D eigenvalue weighted by Gasteiger charge is -2.45. The van der Waals surface area contributed by atoms with Gasteiger partial charge in [-0.1, -0.05) is 6.07 Å². The number of piperazine rings is 1. The smallest absolute Gasteiger partial charge is 0.416 e. The van der Waals surface area contributed by atoms with Gasteiger partial charge in [-0.3, -0.25) is 4.90 Å². The molecule has 1 aromatic carbocycles. The van der Waals surface area contributed by atoms with Crippen LogP contribution in [0.5, 0.6) is 0 Å². The van der Waals surface area contributed by atoms with Crippen LogP contribution in [0.4, 0.5) is 23.7 Å². The lowest BCUT2D eigenvalue weighted by molar-refractivity contribution is -0.138. The Morgan fingerprint density at radius 2 is 1.86 bits per heavy atom. The van der Waals surface area contributed by atoms with Gasteiger partial charge in [-0.05, 0) is 31.5 Å². The van der Waals surface area contributed by atoms with Gasteiger partial charge >= 0.3 is 12.3 Å². The van der Waals surface area contributed by atoms with Gasteiger partial charge in [-0.25, -0.2) is 4.79 Å². The highest BCUT2D eigenvalue weighted by atomic mass is 19.4. The minimum absolute atomic E-state index is 0.134. The number of hydrogen-bond acceptors (Lipinski definition) is 4. The van der Waals surface area contributed by atoms with Crippen LogP contribution in [0.15, 0.2) is 18.2 Å². The third-order valence-electron chi connectivity index (χ3n) is 5.38. The summed E-state index contributed by atoms with van der Waals surface area (Å²) in [5.41, 5.74) is -0.523. The zero-order valence-electron chi connectivity index (χ0n) is 16.1. The maximum absolute atomic E-state index is 13.7. The number of halogens is 3. The van der Waals surface area contributed by atoms with E-state index in [2.05, 4.69) is 0 Å². The molecule has 6 nitrogen and oxygen atoms in total. The largest absolute Gasteiger partial charge is 0.465 e. The Hall–Kier alpha value is -2.00. The van der Waals surface area contributed by atoms with Crippen molar-refractivity contribution < 1.29 is 27.8 Å². The zero-order valence-corrected chi connectivity index (χ0v) is 16.1. The zero-order chi connectivity index (χ0) is 20.5. The van der Waals surface area contributed by atoms with E-state index in [0.29, 0.717) is 45.1 Å². The second kappa shape index (κ2) is 7.79. The van der Waals surface area contributed by atoms with Crippen LogP contribution in [0, 0.1) is 0 Å². The van der Waals surface area contributed by atoms with Crippen molar-refractivity contribution in [2.75, 3.05) is 50.8 Å². The van der Waals surface area contributed by atoms with Crippen LogP contribution in [0.2, 0.25) is 0 Å². The Kier molecular flexibility index (Phi) is 5.77. The maximum atomic E-state index is 13.7. The van der Waals surface area contributed by atoms with Gasteiger partial charge in [0.25, 0.3) is 0 Å². The molecule has 1 N–H and O–H groups in total. The normalized spacial score (nSPS) is 21.0. The molecule has 2 fully saturated rings. The summed E-state index contributed by atoms with van der Waals surface area (Å²) in [6, 6.07) is 4.50. The molecule has 2 aliphatic rings. The number of rotatable bonds is 3. The number of carboxylic acid groups (broad SMARTS) is 1. The van der Waals surface area contributed by atoms with Gasteiger partial charge in [-0.15, -0.1) is 0 Å². The van der Waals surface area contributed by atoms with Crippen molar-refractivity contribution in [3.8, 4) is 0 Å². The first-order valence-corrected chi connectivity index (χ1v) is 9.34. The average molecular weight is 401 g/mol. The van der Waals surface area contributed by atoms with Gasteiger partial charge in [0.2, 0.25) is 0 Å². The van der Waals surface area contributed by atoms with E-state index in [-0.39, 0.29) is 18.7 Å². The highest BCUT2D eigenvalue weighted by Crippen LogP contribution is 2.36. The summed E-state index contributed by atoms with van der Waals surface area (Å²) < 4.78 is 46.4. The monoisotopic (exact) mass is 401 g/mol. The van der Waals surface area contributed by atoms with Gasteiger partial charge in [0, 0.05) is 45.0 Å². The molecule has 0 bridgehead atoms. The summed E-state index contributed by atoms with van der Waals surface area (Å²) in [6.07, 6.45) is -5.45. The fourth-order valence-corrected chi connectivity index (χ4v) is 3.97. The Labute approximate surface area is 162 Å². The predicted molar refractivity (Wildman–Crippen MR) is 98.6 cm³/mol. The Balaban J connectivity index is 1.80. The van der Waals surface area contributed by atoms with E-state index in [4.69, 9.17) is 4.74 Å². The Bertz CT molecular complexity index is 718. The molecule has 156 valence electrons. The summed E-state index contributed by atoms with van der Waals surface area (Å²) >= 11 is 0. The van der Waals surface area contributed by atoms with Crippen LogP contribution >= 0.6 is 0 Å². The number of amides is 1. The molecule has 28 heavy (non-hydrogen) atoms. The second-order valence-electron chi connectivity index (χ2n) is 7.90. The molecule has 0 aliphatic carbocycles. The Morgan fingerprint density at radius 1 is 1.18 bits per heavy atom. The molecule has 2 heterocycles. The second-order valence-corrected chi connectivity index (χ2v) is 7.90. The van der Waals surface area contributed by atoms with Crippen LogP contribution in [0.3, 0.4) is 0 Å². The first-order chi connectivity index (χ1) is 13.1. The van der Waals surface area contributed by atoms with Crippen molar-refractivity contribution >= 4 is 11.8 Å². The molecule has 0 unspecified atom stereocenters. The fraction of sp³-hybridized carbons (Fsp3) is 0.632. The van der Waals surface area contributed by atoms with E-state index in [1.165, 1.54) is 11.0 Å². The highest BCUT2D eigenvalue weighted by molar-refractivity contribution is 5.66. The molecule has 0 aromatic heterocycles. The lowest BCUT2D eigenvalue weighted by atomic mass is 9.98. The molecule has 3 rings (SSSR count). The number of anilines is 1. The molecule has 9 heteroatoms. The number of nitrogens with zero attached hydrogens (tertiary/aromatic N) is 3. The van der Waals surface area contributed by atoms with E-state index >= 15 is 0 Å². The molecule has 1 aromatic rings. The summed E-state index contributed by atoms with van der Waals surface area (Å²) in [6.45, 7) is 6.92. The van der Waals surface area contributed by atoms with Crippen LogP contribution in [0.1, 0.15) is 25.0 Å². The van der Waals surface area contributed by atoms with Crippen molar-refractivity contribution in [2.45, 2.75) is 32.1 Å². The summed E-state index contributed by atoms with van der Waals surface area (Å²) in [5.74, 6) is 0. The van der Waals surface area contributed by atoms with E-state index in [9.17, 15) is 23.1 Å². The number of morpholine rings is 1. The van der Waals surface area contributed by atoms with E-state index in [0.717, 1.165) is 0 Å². The van der Waals surface area contributed by atoms with Crippen molar-refractivity contribution in [1.82, 2.24) is 9.80 Å². The van der Waals surface area contributed by atoms with E-state index < -0.39 is 23.4 Å². The molecule has 2 saturated heterocycles. The third-order valence-corrected chi connectivity index (χ3v) is 5.38. The van der Waals surface area contributed by atoms with E-state index in [1.54, 1.807) is 26.0 Å². The van der Waals surface area contributed by atoms with Gasteiger partial charge in [0.1, 0.15) is 0 Å². The van der Waals surface area contributed by atoms with Crippen LogP contribution < -0.4 is 4.90 Å². The number of benzene rings is 1. The van der Waals surface area contributed by atoms with Crippen molar-refractivity contribution in [3.05, 3.63) is 29.3 Å². The first kappa shape index (κ1) is 20.7. The number of alkyl halides is 3. The standard InChI is InChI=1S/C19H26F3N3O3/c1-18(2)13-23(5-6-25(18)17(26)27)12-14-3-4-15(11-16(14)19(20,21)22)24-7-9-28-10-8-24/h3-4,11H,5-10,12-13H2,1-2H3,(H,26,27). The minimum atomic E-state index is -4.45. The van der Waals surface area contributed by atoms with E-state index in [1.807, 2.05) is 9.80 Å². The predicted octanol–water partition coefficient (Wildman–Crippen LogP) is 3.12. The minimum Gasteiger partial charge on any atom is -0.465 e. The van der Waals surface area contributed by atoms with Crippen molar-refractivity contribution in [2.24, 2.45) is 0 Å². The van der Waals surface area contributed by atoms with Crippen LogP contribution in [-0.2, 0) is 17.5 Å². The van der Waals surface area contributed by atoms with Crippen molar-refractivity contribution in [1.29, 1.82) is 0 Å². The highest BCUT2D eigenvalue weighted by Gasteiger charge is 2.38. The number of hydrogen-bond donors (Lipinski definition) is 1. The van der Waals surface area contributed by atoms with Gasteiger partial charge in [0.15, 0.2) is 0 Å². The molecular formula is C19H26F3N3O3. The van der Waals surface area contributed by atoms with Crippen molar-refractivity contribution in [3.63, 3.8) is 0 Å². The molecule has 0 spiro atoms. The molecule has 0 radical (unpaired) electrons. The van der Waals surface area contributed by atoms with Gasteiger partial charge < -0.3 is 19.6 Å². The quantitative estimate of drug-likeness (QED) is 0.844. The Morgan fingerprint density at radius 3 is 2.43 bits per heavy atom. The maximum Gasteiger partial charge on any atom is 0.416 e. The molecule has 1 amide bonds. The van der Waals surface area contributed by atoms with Crippen LogP contribution in [0.25, 0.3) is 0 Å². The summed E-state index contributed by atoms with van der Waals surface area (Å²) in [4.78, 5) is 16.5. The summed E-state index contributed by atoms with van der Waals surface area (Å²) in [5, 5.41) is 9.30. The molecule has 2 aliphatic heterocycles.